The van der Waals surface area contributed by atoms with E-state index in [1.807, 2.05) is 0 Å². The van der Waals surface area contributed by atoms with Crippen molar-refractivity contribution in [3.05, 3.63) is 82.6 Å². The Hall–Kier alpha value is -5.17. The number of urea groups is 1. The number of amides is 5. The van der Waals surface area contributed by atoms with Crippen molar-refractivity contribution < 1.29 is 23.9 Å². The maximum Gasteiger partial charge on any atom is 0.323 e. The number of aliphatic imine (C=N–C) groups is 1. The van der Waals surface area contributed by atoms with E-state index in [1.54, 1.807) is 55.5 Å². The summed E-state index contributed by atoms with van der Waals surface area (Å²) in [5.41, 5.74) is 7.23. The summed E-state index contributed by atoms with van der Waals surface area (Å²) in [5, 5.41) is 4.81. The van der Waals surface area contributed by atoms with E-state index in [-0.39, 0.29) is 19.0 Å². The van der Waals surface area contributed by atoms with Gasteiger partial charge in [0.05, 0.1) is 13.7 Å². The fourth-order valence-corrected chi connectivity index (χ4v) is 4.21. The third-order valence-corrected chi connectivity index (χ3v) is 6.14. The number of hydrogen-bond acceptors (Lipinski definition) is 6. The molecule has 2 aromatic carbocycles. The number of carbonyl (C=O) groups is 4. The van der Waals surface area contributed by atoms with Crippen LogP contribution in [0.5, 0.6) is 5.75 Å². The quantitative estimate of drug-likeness (QED) is 0.226. The molecule has 192 valence electrons. The van der Waals surface area contributed by atoms with E-state index >= 15 is 0 Å². The maximum atomic E-state index is 13.1. The Bertz CT molecular complexity index is 1480. The zero-order valence-electron chi connectivity index (χ0n) is 20.8. The summed E-state index contributed by atoms with van der Waals surface area (Å²) in [5.74, 6) is 4.89. The first kappa shape index (κ1) is 25.9. The second-order valence-corrected chi connectivity index (χ2v) is 8.78. The van der Waals surface area contributed by atoms with Gasteiger partial charge in [0.25, 0.3) is 11.8 Å². The Kier molecular flexibility index (Phi) is 7.12. The molecule has 2 aliphatic heterocycles. The summed E-state index contributed by atoms with van der Waals surface area (Å²) in [6.07, 6.45) is 3.26. The molecule has 4 N–H and O–H groups in total. The van der Waals surface area contributed by atoms with Gasteiger partial charge >= 0.3 is 6.03 Å². The predicted octanol–water partition coefficient (Wildman–Crippen LogP) is 2.02. The number of nitrogens with two attached hydrogens (primary N) is 1. The highest BCUT2D eigenvalue weighted by Crippen LogP contribution is 2.28. The topological polar surface area (TPSA) is 143 Å². The summed E-state index contributed by atoms with van der Waals surface area (Å²) in [7, 11) is 1.51. The smallest absolute Gasteiger partial charge is 0.323 e. The van der Waals surface area contributed by atoms with Crippen LogP contribution in [0.25, 0.3) is 5.57 Å². The Balaban J connectivity index is 1.62. The molecule has 2 aromatic rings. The minimum Gasteiger partial charge on any atom is -0.497 e. The molecule has 10 nitrogen and oxygen atoms in total. The highest BCUT2D eigenvalue weighted by Gasteiger charge is 2.48. The van der Waals surface area contributed by atoms with E-state index in [1.165, 1.54) is 18.2 Å². The lowest BCUT2D eigenvalue weighted by atomic mass is 9.98. The van der Waals surface area contributed by atoms with E-state index < -0.39 is 23.4 Å². The zero-order chi connectivity index (χ0) is 27.4. The third kappa shape index (κ3) is 5.17. The monoisotopic (exact) mass is 511 g/mol. The first-order valence-corrected chi connectivity index (χ1v) is 11.5. The van der Waals surface area contributed by atoms with Crippen molar-refractivity contribution >= 4 is 36.0 Å². The number of imide groups is 1. The van der Waals surface area contributed by atoms with E-state index in [2.05, 4.69) is 34.2 Å². The van der Waals surface area contributed by atoms with Gasteiger partial charge in [-0.25, -0.2) is 4.79 Å². The Morgan fingerprint density at radius 3 is 2.53 bits per heavy atom. The summed E-state index contributed by atoms with van der Waals surface area (Å²) < 4.78 is 5.21. The number of ether oxygens (including phenoxy) is 1. The van der Waals surface area contributed by atoms with Crippen LogP contribution in [-0.2, 0) is 11.3 Å². The summed E-state index contributed by atoms with van der Waals surface area (Å²) >= 11 is 0. The van der Waals surface area contributed by atoms with Crippen LogP contribution >= 0.6 is 0 Å². The fraction of sp³-hybridized carbons (Fsp3) is 0.179. The van der Waals surface area contributed by atoms with Crippen molar-refractivity contribution in [1.82, 2.24) is 15.5 Å². The lowest BCUT2D eigenvalue weighted by molar-refractivity contribution is -0.122. The minimum absolute atomic E-state index is 0.147. The molecular formula is C28H25N5O5. The van der Waals surface area contributed by atoms with E-state index in [0.717, 1.165) is 11.1 Å². The molecule has 4 rings (SSSR count). The molecule has 0 radical (unpaired) electrons. The minimum atomic E-state index is -1.64. The predicted molar refractivity (Wildman–Crippen MR) is 141 cm³/mol. The van der Waals surface area contributed by atoms with Gasteiger partial charge in [-0.3, -0.25) is 24.7 Å². The number of allylic oxidation sites excluding steroid dienone is 3. The highest BCUT2D eigenvalue weighted by atomic mass is 16.5. The van der Waals surface area contributed by atoms with Gasteiger partial charge in [-0.15, -0.1) is 0 Å². The molecule has 2 heterocycles. The van der Waals surface area contributed by atoms with Crippen LogP contribution in [0.15, 0.2) is 65.3 Å². The maximum absolute atomic E-state index is 13.1. The Morgan fingerprint density at radius 1 is 1.21 bits per heavy atom. The highest BCUT2D eigenvalue weighted by molar-refractivity contribution is 6.10. The number of carbonyl (C=O) groups excluding carboxylic acids is 4. The first-order valence-electron chi connectivity index (χ1n) is 11.5. The van der Waals surface area contributed by atoms with E-state index in [0.29, 0.717) is 28.0 Å². The second-order valence-electron chi connectivity index (χ2n) is 8.78. The standard InChI is InChI=1S/C28H25N5O5/c1-17(12-21(14-30-2)18-4-6-19(7-5-18)24(29)34)10-11-28(26(36)31-27(37)32-28)16-33-15-20-8-9-22(38-3)13-23(20)25(33)35/h4-9,12-14H,2,15-16H2,1,3H3,(H2,29,34)(H2,31,32,36,37). The lowest BCUT2D eigenvalue weighted by Crippen LogP contribution is -2.54. The normalized spacial score (nSPS) is 18.8. The van der Waals surface area contributed by atoms with E-state index in [4.69, 9.17) is 10.5 Å². The second kappa shape index (κ2) is 10.4. The zero-order valence-corrected chi connectivity index (χ0v) is 20.8. The lowest BCUT2D eigenvalue weighted by Gasteiger charge is -2.26. The summed E-state index contributed by atoms with van der Waals surface area (Å²) in [6, 6.07) is 11.1. The van der Waals surface area contributed by atoms with Crippen molar-refractivity contribution in [2.24, 2.45) is 10.7 Å². The van der Waals surface area contributed by atoms with Crippen LogP contribution in [0.3, 0.4) is 0 Å². The fourth-order valence-electron chi connectivity index (χ4n) is 4.21. The molecule has 0 saturated carbocycles. The number of hydrogen-bond donors (Lipinski definition) is 3. The third-order valence-electron chi connectivity index (χ3n) is 6.14. The number of fused-ring (bicyclic) bond motifs is 1. The number of benzene rings is 2. The number of nitrogens with one attached hydrogen (secondary N) is 2. The van der Waals surface area contributed by atoms with Crippen molar-refractivity contribution in [2.75, 3.05) is 13.7 Å². The molecule has 0 aromatic heterocycles. The van der Waals surface area contributed by atoms with Crippen molar-refractivity contribution in [1.29, 1.82) is 0 Å². The van der Waals surface area contributed by atoms with Crippen LogP contribution in [0, 0.1) is 11.8 Å². The molecule has 0 aliphatic carbocycles. The summed E-state index contributed by atoms with van der Waals surface area (Å²) in [6.45, 7) is 5.34. The van der Waals surface area contributed by atoms with Gasteiger partial charge in [-0.2, -0.15) is 0 Å². The molecule has 38 heavy (non-hydrogen) atoms. The number of rotatable bonds is 7. The van der Waals surface area contributed by atoms with Crippen LogP contribution in [0.1, 0.15) is 38.8 Å². The van der Waals surface area contributed by atoms with Gasteiger partial charge in [0.1, 0.15) is 5.75 Å². The van der Waals surface area contributed by atoms with Crippen LogP contribution < -0.4 is 21.1 Å². The molecule has 2 aliphatic rings. The van der Waals surface area contributed by atoms with Gasteiger partial charge in [0.15, 0.2) is 0 Å². The molecule has 10 heteroatoms. The SMILES string of the molecule is C=NC=C(C=C(C)C#CC1(CN2Cc3ccc(OC)cc3C2=O)NC(=O)NC1=O)c1ccc(C(N)=O)cc1. The van der Waals surface area contributed by atoms with Crippen LogP contribution in [-0.4, -0.2) is 54.6 Å². The van der Waals surface area contributed by atoms with Gasteiger partial charge in [-0.05, 0) is 60.7 Å². The first-order chi connectivity index (χ1) is 18.2. The van der Waals surface area contributed by atoms with Crippen molar-refractivity contribution in [2.45, 2.75) is 19.0 Å². The molecule has 1 fully saturated rings. The van der Waals surface area contributed by atoms with Crippen molar-refractivity contribution in [3.63, 3.8) is 0 Å². The molecule has 1 saturated heterocycles. The molecule has 1 atom stereocenters. The molecule has 5 amide bonds. The molecular weight excluding hydrogens is 486 g/mol. The van der Waals surface area contributed by atoms with Crippen LogP contribution in [0.2, 0.25) is 0 Å². The number of primary amides is 1. The van der Waals surface area contributed by atoms with E-state index in [9.17, 15) is 19.2 Å². The Labute approximate surface area is 219 Å². The molecule has 0 spiro atoms. The van der Waals surface area contributed by atoms with Gasteiger partial charge in [0, 0.05) is 29.4 Å². The van der Waals surface area contributed by atoms with Gasteiger partial charge in [-0.1, -0.05) is 30.0 Å². The van der Waals surface area contributed by atoms with Crippen LogP contribution in [0.4, 0.5) is 4.79 Å². The molecule has 1 unspecified atom stereocenters. The average molecular weight is 512 g/mol. The Morgan fingerprint density at radius 2 is 1.92 bits per heavy atom. The van der Waals surface area contributed by atoms with Crippen molar-refractivity contribution in [3.8, 4) is 17.6 Å². The average Bonchev–Trinajstić information content (AvgIpc) is 3.36. The summed E-state index contributed by atoms with van der Waals surface area (Å²) in [4.78, 5) is 54.7. The number of methoxy groups -OCH3 is 1. The van der Waals surface area contributed by atoms with Gasteiger partial charge < -0.3 is 20.7 Å². The van der Waals surface area contributed by atoms with Gasteiger partial charge in [0.2, 0.25) is 11.4 Å². The largest absolute Gasteiger partial charge is 0.497 e. The number of nitrogens with zero attached hydrogens (tertiary/aromatic N) is 2. The molecule has 0 bridgehead atoms.